The van der Waals surface area contributed by atoms with Crippen LogP contribution in [0.4, 0.5) is 10.1 Å². The van der Waals surface area contributed by atoms with Crippen LogP contribution in [0.5, 0.6) is 0 Å². The molecule has 1 saturated carbocycles. The molecule has 0 atom stereocenters. The van der Waals surface area contributed by atoms with Crippen molar-refractivity contribution in [3.8, 4) is 6.07 Å². The van der Waals surface area contributed by atoms with Crippen molar-refractivity contribution in [2.75, 3.05) is 18.4 Å². The van der Waals surface area contributed by atoms with Crippen molar-refractivity contribution in [2.24, 2.45) is 0 Å². The fourth-order valence-corrected chi connectivity index (χ4v) is 1.67. The summed E-state index contributed by atoms with van der Waals surface area (Å²) in [5, 5.41) is 15.4. The van der Waals surface area contributed by atoms with Gasteiger partial charge >= 0.3 is 0 Å². The van der Waals surface area contributed by atoms with Crippen molar-refractivity contribution in [1.82, 2.24) is 5.32 Å². The van der Waals surface area contributed by atoms with E-state index in [1.54, 1.807) is 6.07 Å². The molecule has 1 aliphatic rings. The number of nitriles is 1. The molecule has 1 aliphatic carbocycles. The van der Waals surface area contributed by atoms with Gasteiger partial charge in [-0.15, -0.1) is 0 Å². The molecule has 0 spiro atoms. The molecule has 0 radical (unpaired) electrons. The first-order valence-corrected chi connectivity index (χ1v) is 5.96. The van der Waals surface area contributed by atoms with Gasteiger partial charge in [-0.2, -0.15) is 5.26 Å². The molecule has 0 bridgehead atoms. The average molecular weight is 233 g/mol. The Morgan fingerprint density at radius 2 is 2.18 bits per heavy atom. The molecule has 1 aromatic rings. The van der Waals surface area contributed by atoms with E-state index < -0.39 is 0 Å². The lowest BCUT2D eigenvalue weighted by Gasteiger charge is -2.08. The molecule has 3 nitrogen and oxygen atoms in total. The first kappa shape index (κ1) is 11.9. The van der Waals surface area contributed by atoms with E-state index in [2.05, 4.69) is 10.6 Å². The molecule has 1 fully saturated rings. The molecule has 1 aromatic carbocycles. The lowest BCUT2D eigenvalue weighted by Crippen LogP contribution is -2.20. The first-order valence-electron chi connectivity index (χ1n) is 5.96. The molecule has 0 aromatic heterocycles. The van der Waals surface area contributed by atoms with Crippen LogP contribution in [0.15, 0.2) is 18.2 Å². The van der Waals surface area contributed by atoms with Crippen LogP contribution in [0.1, 0.15) is 24.8 Å². The zero-order valence-corrected chi connectivity index (χ0v) is 9.67. The van der Waals surface area contributed by atoms with E-state index in [1.807, 2.05) is 6.07 Å². The molecular weight excluding hydrogens is 217 g/mol. The van der Waals surface area contributed by atoms with Crippen LogP contribution >= 0.6 is 0 Å². The van der Waals surface area contributed by atoms with Gasteiger partial charge in [-0.1, -0.05) is 0 Å². The minimum absolute atomic E-state index is 0.361. The van der Waals surface area contributed by atoms with Gasteiger partial charge in [0.2, 0.25) is 0 Å². The second-order valence-corrected chi connectivity index (χ2v) is 4.31. The third-order valence-corrected chi connectivity index (χ3v) is 2.78. The molecule has 0 unspecified atom stereocenters. The van der Waals surface area contributed by atoms with Gasteiger partial charge in [0.25, 0.3) is 0 Å². The SMILES string of the molecule is N#Cc1cc(F)ccc1NCCCNC1CC1. The monoisotopic (exact) mass is 233 g/mol. The van der Waals surface area contributed by atoms with Gasteiger partial charge in [0.1, 0.15) is 11.9 Å². The number of hydrogen-bond acceptors (Lipinski definition) is 3. The summed E-state index contributed by atoms with van der Waals surface area (Å²) in [6, 6.07) is 6.95. The van der Waals surface area contributed by atoms with Crippen LogP contribution in [0, 0.1) is 17.1 Å². The zero-order chi connectivity index (χ0) is 12.1. The Morgan fingerprint density at radius 1 is 1.35 bits per heavy atom. The van der Waals surface area contributed by atoms with Crippen LogP contribution in [0.2, 0.25) is 0 Å². The lowest BCUT2D eigenvalue weighted by molar-refractivity contribution is 0.627. The standard InChI is InChI=1S/C13H16FN3/c14-11-2-5-13(10(8-11)9-15)17-7-1-6-16-12-3-4-12/h2,5,8,12,16-17H,1,3-4,6-7H2. The Labute approximate surface area is 101 Å². The quantitative estimate of drug-likeness (QED) is 0.741. The smallest absolute Gasteiger partial charge is 0.124 e. The average Bonchev–Trinajstić information content (AvgIpc) is 3.14. The van der Waals surface area contributed by atoms with E-state index in [1.165, 1.54) is 25.0 Å². The van der Waals surface area contributed by atoms with Crippen molar-refractivity contribution in [3.63, 3.8) is 0 Å². The molecule has 2 N–H and O–H groups in total. The topological polar surface area (TPSA) is 47.9 Å². The van der Waals surface area contributed by atoms with E-state index in [0.717, 1.165) is 25.6 Å². The molecule has 90 valence electrons. The van der Waals surface area contributed by atoms with E-state index >= 15 is 0 Å². The molecule has 0 amide bonds. The van der Waals surface area contributed by atoms with Crippen LogP contribution < -0.4 is 10.6 Å². The molecule has 0 heterocycles. The van der Waals surface area contributed by atoms with Gasteiger partial charge in [-0.25, -0.2) is 4.39 Å². The maximum absolute atomic E-state index is 12.9. The third-order valence-electron chi connectivity index (χ3n) is 2.78. The Kier molecular flexibility index (Phi) is 3.94. The fourth-order valence-electron chi connectivity index (χ4n) is 1.67. The van der Waals surface area contributed by atoms with Gasteiger partial charge < -0.3 is 10.6 Å². The number of rotatable bonds is 6. The summed E-state index contributed by atoms with van der Waals surface area (Å²) in [6.45, 7) is 1.78. The Balaban J connectivity index is 1.75. The summed E-state index contributed by atoms with van der Waals surface area (Å²) in [7, 11) is 0. The Bertz CT molecular complexity index is 421. The van der Waals surface area contributed by atoms with Crippen LogP contribution in [0.25, 0.3) is 0 Å². The summed E-state index contributed by atoms with van der Waals surface area (Å²) < 4.78 is 12.9. The van der Waals surface area contributed by atoms with E-state index in [0.29, 0.717) is 11.3 Å². The largest absolute Gasteiger partial charge is 0.384 e. The molecule has 0 aliphatic heterocycles. The second kappa shape index (κ2) is 5.65. The Hall–Kier alpha value is -1.60. The van der Waals surface area contributed by atoms with Crippen LogP contribution in [-0.4, -0.2) is 19.1 Å². The van der Waals surface area contributed by atoms with Gasteiger partial charge in [0.15, 0.2) is 0 Å². The predicted octanol–water partition coefficient (Wildman–Crippen LogP) is 2.25. The summed E-state index contributed by atoms with van der Waals surface area (Å²) in [5.74, 6) is -0.373. The summed E-state index contributed by atoms with van der Waals surface area (Å²) in [5.41, 5.74) is 1.07. The number of hydrogen-bond donors (Lipinski definition) is 2. The van der Waals surface area contributed by atoms with Gasteiger partial charge in [0, 0.05) is 12.6 Å². The number of halogens is 1. The molecule has 0 saturated heterocycles. The first-order chi connectivity index (χ1) is 8.29. The predicted molar refractivity (Wildman–Crippen MR) is 65.2 cm³/mol. The number of anilines is 1. The highest BCUT2D eigenvalue weighted by molar-refractivity contribution is 5.57. The molecule has 17 heavy (non-hydrogen) atoms. The Morgan fingerprint density at radius 3 is 2.88 bits per heavy atom. The van der Waals surface area contributed by atoms with E-state index in [-0.39, 0.29) is 5.82 Å². The fraction of sp³-hybridized carbons (Fsp3) is 0.462. The summed E-state index contributed by atoms with van der Waals surface area (Å²) in [4.78, 5) is 0. The lowest BCUT2D eigenvalue weighted by atomic mass is 10.2. The zero-order valence-electron chi connectivity index (χ0n) is 9.67. The minimum atomic E-state index is -0.373. The maximum atomic E-state index is 12.9. The summed E-state index contributed by atoms with van der Waals surface area (Å²) in [6.07, 6.45) is 3.59. The van der Waals surface area contributed by atoms with Gasteiger partial charge in [-0.05, 0) is 44.0 Å². The normalized spacial score (nSPS) is 14.4. The highest BCUT2D eigenvalue weighted by Gasteiger charge is 2.19. The molecule has 4 heteroatoms. The van der Waals surface area contributed by atoms with E-state index in [4.69, 9.17) is 5.26 Å². The third kappa shape index (κ3) is 3.72. The van der Waals surface area contributed by atoms with Crippen LogP contribution in [-0.2, 0) is 0 Å². The number of benzene rings is 1. The van der Waals surface area contributed by atoms with Crippen molar-refractivity contribution < 1.29 is 4.39 Å². The van der Waals surface area contributed by atoms with Crippen molar-refractivity contribution in [1.29, 1.82) is 5.26 Å². The second-order valence-electron chi connectivity index (χ2n) is 4.31. The van der Waals surface area contributed by atoms with E-state index in [9.17, 15) is 4.39 Å². The van der Waals surface area contributed by atoms with Gasteiger partial charge in [-0.3, -0.25) is 0 Å². The maximum Gasteiger partial charge on any atom is 0.124 e. The molecule has 2 rings (SSSR count). The van der Waals surface area contributed by atoms with Crippen molar-refractivity contribution in [2.45, 2.75) is 25.3 Å². The van der Waals surface area contributed by atoms with Crippen molar-refractivity contribution in [3.05, 3.63) is 29.6 Å². The molecular formula is C13H16FN3. The highest BCUT2D eigenvalue weighted by atomic mass is 19.1. The highest BCUT2D eigenvalue weighted by Crippen LogP contribution is 2.18. The van der Waals surface area contributed by atoms with Gasteiger partial charge in [0.05, 0.1) is 11.3 Å². The van der Waals surface area contributed by atoms with Crippen molar-refractivity contribution >= 4 is 5.69 Å². The number of nitrogens with one attached hydrogen (secondary N) is 2. The number of nitrogens with zero attached hydrogens (tertiary/aromatic N) is 1. The summed E-state index contributed by atoms with van der Waals surface area (Å²) >= 11 is 0. The van der Waals surface area contributed by atoms with Crippen LogP contribution in [0.3, 0.4) is 0 Å². The minimum Gasteiger partial charge on any atom is -0.384 e.